The van der Waals surface area contributed by atoms with Crippen molar-refractivity contribution in [1.29, 1.82) is 0 Å². The van der Waals surface area contributed by atoms with Crippen LogP contribution in [-0.4, -0.2) is 6.61 Å². The van der Waals surface area contributed by atoms with Gasteiger partial charge in [0.15, 0.2) is 4.67 Å². The van der Waals surface area contributed by atoms with Crippen molar-refractivity contribution >= 4 is 31.9 Å². The smallest absolute Gasteiger partial charge is 0.183 e. The zero-order valence-electron chi connectivity index (χ0n) is 9.45. The summed E-state index contributed by atoms with van der Waals surface area (Å²) in [5.74, 6) is 1.86. The van der Waals surface area contributed by atoms with Crippen LogP contribution in [0.2, 0.25) is 0 Å². The quantitative estimate of drug-likeness (QED) is 0.883. The summed E-state index contributed by atoms with van der Waals surface area (Å²) < 4.78 is 12.8. The third-order valence-corrected chi connectivity index (χ3v) is 4.63. The standard InChI is InChI=1S/C13H11Br2NO2/c14-10-5-8(18-13(10)15)6-16-11-7-17-12-4-2-1-3-9(11)12/h1-5,11,16H,6-7H2. The van der Waals surface area contributed by atoms with Crippen LogP contribution in [0.15, 0.2) is 43.9 Å². The molecule has 3 rings (SSSR count). The van der Waals surface area contributed by atoms with Gasteiger partial charge in [-0.1, -0.05) is 18.2 Å². The second-order valence-electron chi connectivity index (χ2n) is 4.12. The first-order valence-electron chi connectivity index (χ1n) is 5.63. The Labute approximate surface area is 122 Å². The number of rotatable bonds is 3. The summed E-state index contributed by atoms with van der Waals surface area (Å²) in [7, 11) is 0. The highest BCUT2D eigenvalue weighted by Crippen LogP contribution is 2.32. The molecule has 0 saturated carbocycles. The first-order chi connectivity index (χ1) is 8.74. The van der Waals surface area contributed by atoms with Crippen LogP contribution in [0.25, 0.3) is 0 Å². The first-order valence-corrected chi connectivity index (χ1v) is 7.21. The summed E-state index contributed by atoms with van der Waals surface area (Å²) in [5, 5.41) is 3.43. The number of hydrogen-bond acceptors (Lipinski definition) is 3. The minimum Gasteiger partial charge on any atom is -0.491 e. The Morgan fingerprint density at radius 3 is 2.89 bits per heavy atom. The summed E-state index contributed by atoms with van der Waals surface area (Å²) in [6.45, 7) is 1.34. The van der Waals surface area contributed by atoms with Gasteiger partial charge in [-0.15, -0.1) is 0 Å². The SMILES string of the molecule is Brc1cc(CNC2COc3ccccc32)oc1Br. The third-order valence-electron chi connectivity index (χ3n) is 2.92. The Bertz CT molecular complexity index is 548. The van der Waals surface area contributed by atoms with Crippen molar-refractivity contribution in [1.82, 2.24) is 5.32 Å². The van der Waals surface area contributed by atoms with E-state index >= 15 is 0 Å². The number of benzene rings is 1. The Kier molecular flexibility index (Phi) is 3.46. The Morgan fingerprint density at radius 1 is 1.28 bits per heavy atom. The minimum absolute atomic E-state index is 0.226. The van der Waals surface area contributed by atoms with E-state index in [-0.39, 0.29) is 6.04 Å². The zero-order valence-corrected chi connectivity index (χ0v) is 12.6. The molecule has 1 unspecified atom stereocenters. The predicted molar refractivity (Wildman–Crippen MR) is 75.6 cm³/mol. The van der Waals surface area contributed by atoms with Crippen LogP contribution in [0.1, 0.15) is 17.4 Å². The van der Waals surface area contributed by atoms with Gasteiger partial charge in [-0.05, 0) is 44.0 Å². The molecular weight excluding hydrogens is 362 g/mol. The van der Waals surface area contributed by atoms with Gasteiger partial charge in [0.05, 0.1) is 17.1 Å². The van der Waals surface area contributed by atoms with Crippen molar-refractivity contribution in [2.75, 3.05) is 6.61 Å². The predicted octanol–water partition coefficient (Wildman–Crippen LogP) is 4.03. The summed E-state index contributed by atoms with van der Waals surface area (Å²) >= 11 is 6.73. The van der Waals surface area contributed by atoms with E-state index in [9.17, 15) is 0 Å². The molecular formula is C13H11Br2NO2. The molecule has 1 aromatic heterocycles. The molecule has 0 radical (unpaired) electrons. The van der Waals surface area contributed by atoms with E-state index in [1.165, 1.54) is 5.56 Å². The zero-order chi connectivity index (χ0) is 12.5. The number of nitrogens with one attached hydrogen (secondary N) is 1. The van der Waals surface area contributed by atoms with Gasteiger partial charge in [-0.2, -0.15) is 0 Å². The molecule has 1 aliphatic heterocycles. The van der Waals surface area contributed by atoms with E-state index < -0.39 is 0 Å². The van der Waals surface area contributed by atoms with E-state index in [4.69, 9.17) is 9.15 Å². The van der Waals surface area contributed by atoms with Gasteiger partial charge in [0.25, 0.3) is 0 Å². The lowest BCUT2D eigenvalue weighted by Crippen LogP contribution is -2.21. The van der Waals surface area contributed by atoms with Crippen molar-refractivity contribution in [3.8, 4) is 5.75 Å². The van der Waals surface area contributed by atoms with Crippen LogP contribution in [0.5, 0.6) is 5.75 Å². The number of furan rings is 1. The monoisotopic (exact) mass is 371 g/mol. The molecule has 2 aromatic rings. The van der Waals surface area contributed by atoms with E-state index in [2.05, 4.69) is 43.2 Å². The maximum atomic E-state index is 5.62. The van der Waals surface area contributed by atoms with Gasteiger partial charge >= 0.3 is 0 Å². The molecule has 1 aliphatic rings. The lowest BCUT2D eigenvalue weighted by atomic mass is 10.1. The molecule has 1 aromatic carbocycles. The first kappa shape index (κ1) is 12.3. The van der Waals surface area contributed by atoms with Gasteiger partial charge in [-0.25, -0.2) is 0 Å². The number of halogens is 2. The topological polar surface area (TPSA) is 34.4 Å². The minimum atomic E-state index is 0.226. The van der Waals surface area contributed by atoms with Crippen molar-refractivity contribution in [2.24, 2.45) is 0 Å². The maximum absolute atomic E-state index is 5.62. The molecule has 94 valence electrons. The number of para-hydroxylation sites is 1. The van der Waals surface area contributed by atoms with Crippen molar-refractivity contribution in [3.63, 3.8) is 0 Å². The van der Waals surface area contributed by atoms with E-state index in [1.807, 2.05) is 24.3 Å². The molecule has 18 heavy (non-hydrogen) atoms. The normalized spacial score (nSPS) is 17.6. The average molecular weight is 373 g/mol. The fourth-order valence-electron chi connectivity index (χ4n) is 2.03. The second kappa shape index (κ2) is 5.07. The molecule has 5 heteroatoms. The van der Waals surface area contributed by atoms with Gasteiger partial charge in [-0.3, -0.25) is 5.32 Å². The largest absolute Gasteiger partial charge is 0.491 e. The summed E-state index contributed by atoms with van der Waals surface area (Å²) in [6.07, 6.45) is 0. The van der Waals surface area contributed by atoms with Crippen molar-refractivity contribution in [2.45, 2.75) is 12.6 Å². The van der Waals surface area contributed by atoms with E-state index in [0.29, 0.717) is 13.2 Å². The molecule has 0 aliphatic carbocycles. The summed E-state index contributed by atoms with van der Waals surface area (Å²) in [5.41, 5.74) is 1.21. The number of ether oxygens (including phenoxy) is 1. The van der Waals surface area contributed by atoms with Crippen LogP contribution in [0.3, 0.4) is 0 Å². The highest BCUT2D eigenvalue weighted by atomic mass is 79.9. The molecule has 0 saturated heterocycles. The Balaban J connectivity index is 1.68. The van der Waals surface area contributed by atoms with Crippen LogP contribution in [0.4, 0.5) is 0 Å². The highest BCUT2D eigenvalue weighted by molar-refractivity contribution is 9.13. The molecule has 2 heterocycles. The summed E-state index contributed by atoms with van der Waals surface area (Å²) in [6, 6.07) is 10.3. The average Bonchev–Trinajstić information content (AvgIpc) is 2.92. The van der Waals surface area contributed by atoms with Crippen LogP contribution >= 0.6 is 31.9 Å². The van der Waals surface area contributed by atoms with Crippen molar-refractivity contribution in [3.05, 3.63) is 50.8 Å². The fourth-order valence-corrected chi connectivity index (χ4v) is 2.69. The lowest BCUT2D eigenvalue weighted by molar-refractivity contribution is 0.306. The summed E-state index contributed by atoms with van der Waals surface area (Å²) in [4.78, 5) is 0. The lowest BCUT2D eigenvalue weighted by Gasteiger charge is -2.09. The molecule has 1 N–H and O–H groups in total. The van der Waals surface area contributed by atoms with Gasteiger partial charge in [0.2, 0.25) is 0 Å². The van der Waals surface area contributed by atoms with Crippen LogP contribution in [-0.2, 0) is 6.54 Å². The van der Waals surface area contributed by atoms with Crippen molar-refractivity contribution < 1.29 is 9.15 Å². The molecule has 0 fully saturated rings. The van der Waals surface area contributed by atoms with Crippen LogP contribution < -0.4 is 10.1 Å². The molecule has 0 bridgehead atoms. The number of hydrogen-bond donors (Lipinski definition) is 1. The number of fused-ring (bicyclic) bond motifs is 1. The second-order valence-corrected chi connectivity index (χ2v) is 5.69. The van der Waals surface area contributed by atoms with Crippen LogP contribution in [0, 0.1) is 0 Å². The van der Waals surface area contributed by atoms with Gasteiger partial charge in [0.1, 0.15) is 18.1 Å². The Morgan fingerprint density at radius 2 is 2.11 bits per heavy atom. The molecule has 1 atom stereocenters. The van der Waals surface area contributed by atoms with Gasteiger partial charge in [0, 0.05) is 5.56 Å². The highest BCUT2D eigenvalue weighted by Gasteiger charge is 2.23. The third kappa shape index (κ3) is 2.35. The molecule has 3 nitrogen and oxygen atoms in total. The maximum Gasteiger partial charge on any atom is 0.183 e. The Hall–Kier alpha value is -0.780. The van der Waals surface area contributed by atoms with E-state index in [0.717, 1.165) is 20.7 Å². The molecule has 0 spiro atoms. The van der Waals surface area contributed by atoms with E-state index in [1.54, 1.807) is 0 Å². The molecule has 0 amide bonds. The van der Waals surface area contributed by atoms with Gasteiger partial charge < -0.3 is 9.15 Å². The fraction of sp³-hybridized carbons (Fsp3) is 0.231.